The Labute approximate surface area is 121 Å². The molecule has 0 aliphatic carbocycles. The van der Waals surface area contributed by atoms with E-state index in [1.54, 1.807) is 12.1 Å². The van der Waals surface area contributed by atoms with E-state index in [-0.39, 0.29) is 5.82 Å². The van der Waals surface area contributed by atoms with Gasteiger partial charge >= 0.3 is 0 Å². The summed E-state index contributed by atoms with van der Waals surface area (Å²) >= 11 is 3.50. The standard InChI is InChI=1S/C15H16BrFN2/c1-19(13-8-6-12(17)7-9-13)11-10-18-15-5-3-2-4-14(15)16/h2-9,18H,10-11H2,1H3. The zero-order chi connectivity index (χ0) is 13.7. The van der Waals surface area contributed by atoms with E-state index >= 15 is 0 Å². The Morgan fingerprint density at radius 2 is 1.79 bits per heavy atom. The van der Waals surface area contributed by atoms with Crippen LogP contribution < -0.4 is 10.2 Å². The summed E-state index contributed by atoms with van der Waals surface area (Å²) in [4.78, 5) is 2.09. The molecular weight excluding hydrogens is 307 g/mol. The normalized spacial score (nSPS) is 10.3. The van der Waals surface area contributed by atoms with Crippen LogP contribution in [0.2, 0.25) is 0 Å². The van der Waals surface area contributed by atoms with E-state index in [0.717, 1.165) is 28.9 Å². The molecule has 2 nitrogen and oxygen atoms in total. The summed E-state index contributed by atoms with van der Waals surface area (Å²) in [5, 5.41) is 3.36. The number of nitrogens with one attached hydrogen (secondary N) is 1. The van der Waals surface area contributed by atoms with E-state index in [2.05, 4.69) is 26.1 Å². The first kappa shape index (κ1) is 13.9. The van der Waals surface area contributed by atoms with Gasteiger partial charge in [0.2, 0.25) is 0 Å². The van der Waals surface area contributed by atoms with Crippen molar-refractivity contribution in [2.24, 2.45) is 0 Å². The average Bonchev–Trinajstić information content (AvgIpc) is 2.41. The molecule has 2 aromatic carbocycles. The van der Waals surface area contributed by atoms with Gasteiger partial charge in [-0.15, -0.1) is 0 Å². The van der Waals surface area contributed by atoms with E-state index < -0.39 is 0 Å². The molecule has 0 heterocycles. The molecule has 0 unspecified atom stereocenters. The monoisotopic (exact) mass is 322 g/mol. The molecule has 0 aromatic heterocycles. The number of benzene rings is 2. The lowest BCUT2D eigenvalue weighted by Gasteiger charge is -2.20. The second kappa shape index (κ2) is 6.57. The summed E-state index contributed by atoms with van der Waals surface area (Å²) in [5.74, 6) is -0.205. The van der Waals surface area contributed by atoms with Gasteiger partial charge in [0.25, 0.3) is 0 Å². The lowest BCUT2D eigenvalue weighted by atomic mass is 10.3. The molecule has 0 aliphatic rings. The maximum absolute atomic E-state index is 12.8. The van der Waals surface area contributed by atoms with Crippen LogP contribution in [-0.4, -0.2) is 20.1 Å². The highest BCUT2D eigenvalue weighted by Gasteiger charge is 2.02. The summed E-state index contributed by atoms with van der Waals surface area (Å²) in [7, 11) is 1.99. The van der Waals surface area contributed by atoms with Crippen LogP contribution in [0.25, 0.3) is 0 Å². The lowest BCUT2D eigenvalue weighted by molar-refractivity contribution is 0.627. The van der Waals surface area contributed by atoms with Crippen LogP contribution in [0.5, 0.6) is 0 Å². The molecule has 100 valence electrons. The minimum absolute atomic E-state index is 0.205. The maximum atomic E-state index is 12.8. The van der Waals surface area contributed by atoms with Gasteiger partial charge < -0.3 is 10.2 Å². The van der Waals surface area contributed by atoms with Gasteiger partial charge in [0.1, 0.15) is 5.82 Å². The van der Waals surface area contributed by atoms with Crippen LogP contribution in [0.1, 0.15) is 0 Å². The number of anilines is 2. The van der Waals surface area contributed by atoms with Gasteiger partial charge in [-0.3, -0.25) is 0 Å². The molecule has 0 bridgehead atoms. The van der Waals surface area contributed by atoms with Crippen molar-refractivity contribution in [1.29, 1.82) is 0 Å². The lowest BCUT2D eigenvalue weighted by Crippen LogP contribution is -2.24. The van der Waals surface area contributed by atoms with Gasteiger partial charge in [0.15, 0.2) is 0 Å². The van der Waals surface area contributed by atoms with E-state index in [0.29, 0.717) is 0 Å². The maximum Gasteiger partial charge on any atom is 0.123 e. The Morgan fingerprint density at radius 1 is 1.11 bits per heavy atom. The second-order valence-corrected chi connectivity index (χ2v) is 5.16. The fraction of sp³-hybridized carbons (Fsp3) is 0.200. The summed E-state index contributed by atoms with van der Waals surface area (Å²) < 4.78 is 13.9. The topological polar surface area (TPSA) is 15.3 Å². The first-order chi connectivity index (χ1) is 9.16. The SMILES string of the molecule is CN(CCNc1ccccc1Br)c1ccc(F)cc1. The Bertz CT molecular complexity index is 528. The molecule has 0 atom stereocenters. The van der Waals surface area contributed by atoms with E-state index in [1.165, 1.54) is 12.1 Å². The minimum atomic E-state index is -0.205. The van der Waals surface area contributed by atoms with Crippen LogP contribution in [0.3, 0.4) is 0 Å². The largest absolute Gasteiger partial charge is 0.382 e. The predicted octanol–water partition coefficient (Wildman–Crippen LogP) is 4.14. The zero-order valence-electron chi connectivity index (χ0n) is 10.7. The van der Waals surface area contributed by atoms with Crippen LogP contribution in [0, 0.1) is 5.82 Å². The summed E-state index contributed by atoms with van der Waals surface area (Å²) in [6, 6.07) is 14.5. The smallest absolute Gasteiger partial charge is 0.123 e. The summed E-state index contributed by atoms with van der Waals surface area (Å²) in [6.07, 6.45) is 0. The second-order valence-electron chi connectivity index (χ2n) is 4.30. The van der Waals surface area contributed by atoms with Crippen molar-refractivity contribution in [3.05, 3.63) is 58.8 Å². The minimum Gasteiger partial charge on any atom is -0.382 e. The van der Waals surface area contributed by atoms with E-state index in [1.807, 2.05) is 31.3 Å². The van der Waals surface area contributed by atoms with Gasteiger partial charge in [0.05, 0.1) is 0 Å². The van der Waals surface area contributed by atoms with Gasteiger partial charge in [0, 0.05) is 36.0 Å². The molecule has 0 fully saturated rings. The Hall–Kier alpha value is -1.55. The van der Waals surface area contributed by atoms with Gasteiger partial charge in [-0.1, -0.05) is 12.1 Å². The Balaban J connectivity index is 1.86. The molecule has 2 rings (SSSR count). The number of rotatable bonds is 5. The Morgan fingerprint density at radius 3 is 2.47 bits per heavy atom. The van der Waals surface area contributed by atoms with Crippen molar-refractivity contribution in [2.45, 2.75) is 0 Å². The fourth-order valence-electron chi connectivity index (χ4n) is 1.79. The van der Waals surface area contributed by atoms with Crippen molar-refractivity contribution in [2.75, 3.05) is 30.4 Å². The highest BCUT2D eigenvalue weighted by Crippen LogP contribution is 2.21. The molecule has 4 heteroatoms. The first-order valence-electron chi connectivity index (χ1n) is 6.12. The number of para-hydroxylation sites is 1. The Kier molecular flexibility index (Phi) is 4.80. The van der Waals surface area contributed by atoms with Gasteiger partial charge in [-0.05, 0) is 52.3 Å². The average molecular weight is 323 g/mol. The van der Waals surface area contributed by atoms with Crippen LogP contribution >= 0.6 is 15.9 Å². The van der Waals surface area contributed by atoms with Crippen LogP contribution in [0.15, 0.2) is 53.0 Å². The third-order valence-corrected chi connectivity index (χ3v) is 3.60. The van der Waals surface area contributed by atoms with Gasteiger partial charge in [-0.25, -0.2) is 4.39 Å². The molecule has 0 aliphatic heterocycles. The molecule has 0 amide bonds. The van der Waals surface area contributed by atoms with Crippen molar-refractivity contribution in [3.8, 4) is 0 Å². The molecule has 0 saturated carbocycles. The molecule has 0 saturated heterocycles. The summed E-state index contributed by atoms with van der Waals surface area (Å²) in [5.41, 5.74) is 2.09. The van der Waals surface area contributed by atoms with Crippen LogP contribution in [-0.2, 0) is 0 Å². The van der Waals surface area contributed by atoms with Gasteiger partial charge in [-0.2, -0.15) is 0 Å². The van der Waals surface area contributed by atoms with E-state index in [9.17, 15) is 4.39 Å². The molecular formula is C15H16BrFN2. The molecule has 19 heavy (non-hydrogen) atoms. The zero-order valence-corrected chi connectivity index (χ0v) is 12.3. The predicted molar refractivity (Wildman–Crippen MR) is 82.3 cm³/mol. The van der Waals surface area contributed by atoms with Crippen molar-refractivity contribution in [3.63, 3.8) is 0 Å². The fourth-order valence-corrected chi connectivity index (χ4v) is 2.21. The number of nitrogens with zero attached hydrogens (tertiary/aromatic N) is 1. The number of halogens is 2. The molecule has 1 N–H and O–H groups in total. The summed E-state index contributed by atoms with van der Waals surface area (Å²) in [6.45, 7) is 1.66. The third kappa shape index (κ3) is 3.96. The quantitative estimate of drug-likeness (QED) is 0.890. The number of hydrogen-bond acceptors (Lipinski definition) is 2. The number of hydrogen-bond donors (Lipinski definition) is 1. The van der Waals surface area contributed by atoms with Crippen LogP contribution in [0.4, 0.5) is 15.8 Å². The third-order valence-electron chi connectivity index (χ3n) is 2.90. The number of likely N-dealkylation sites (N-methyl/N-ethyl adjacent to an activating group) is 1. The van der Waals surface area contributed by atoms with Crippen molar-refractivity contribution < 1.29 is 4.39 Å². The molecule has 0 spiro atoms. The first-order valence-corrected chi connectivity index (χ1v) is 6.91. The van der Waals surface area contributed by atoms with Crippen molar-refractivity contribution in [1.82, 2.24) is 0 Å². The van der Waals surface area contributed by atoms with Crippen molar-refractivity contribution >= 4 is 27.3 Å². The van der Waals surface area contributed by atoms with E-state index in [4.69, 9.17) is 0 Å². The molecule has 2 aromatic rings. The molecule has 0 radical (unpaired) electrons. The highest BCUT2D eigenvalue weighted by molar-refractivity contribution is 9.10. The highest BCUT2D eigenvalue weighted by atomic mass is 79.9.